The molecule has 1 heterocycles. The SMILES string of the molecule is C[C@@H](N)c1ccccc1N(C)C1CCS(=O)(=O)C1. The fraction of sp³-hybridized carbons (Fsp3) is 0.538. The van der Waals surface area contributed by atoms with Gasteiger partial charge in [-0.05, 0) is 25.0 Å². The molecule has 1 unspecified atom stereocenters. The van der Waals surface area contributed by atoms with Gasteiger partial charge in [-0.15, -0.1) is 0 Å². The zero-order chi connectivity index (χ0) is 13.3. The van der Waals surface area contributed by atoms with Crippen LogP contribution < -0.4 is 10.6 Å². The lowest BCUT2D eigenvalue weighted by Crippen LogP contribution is -2.33. The highest BCUT2D eigenvalue weighted by molar-refractivity contribution is 7.91. The predicted molar refractivity (Wildman–Crippen MR) is 74.5 cm³/mol. The molecule has 0 amide bonds. The lowest BCUT2D eigenvalue weighted by atomic mass is 10.0. The van der Waals surface area contributed by atoms with Gasteiger partial charge in [0.05, 0.1) is 11.5 Å². The number of sulfone groups is 1. The van der Waals surface area contributed by atoms with Crippen LogP contribution in [-0.2, 0) is 9.84 Å². The normalized spacial score (nSPS) is 23.8. The number of hydrogen-bond acceptors (Lipinski definition) is 4. The minimum atomic E-state index is -2.85. The minimum Gasteiger partial charge on any atom is -0.370 e. The molecule has 0 radical (unpaired) electrons. The Labute approximate surface area is 109 Å². The van der Waals surface area contributed by atoms with Crippen molar-refractivity contribution < 1.29 is 8.42 Å². The molecule has 0 spiro atoms. The van der Waals surface area contributed by atoms with Crippen LogP contribution >= 0.6 is 0 Å². The van der Waals surface area contributed by atoms with E-state index in [0.29, 0.717) is 12.2 Å². The minimum absolute atomic E-state index is 0.0540. The number of para-hydroxylation sites is 1. The van der Waals surface area contributed by atoms with Gasteiger partial charge in [-0.3, -0.25) is 0 Å². The van der Waals surface area contributed by atoms with Gasteiger partial charge in [0.25, 0.3) is 0 Å². The molecular weight excluding hydrogens is 248 g/mol. The Bertz CT molecular complexity index is 526. The van der Waals surface area contributed by atoms with Gasteiger partial charge in [0.15, 0.2) is 9.84 Å². The molecule has 1 aromatic rings. The summed E-state index contributed by atoms with van der Waals surface area (Å²) in [6.07, 6.45) is 0.701. The Kier molecular flexibility index (Phi) is 3.64. The average Bonchev–Trinajstić information content (AvgIpc) is 2.68. The van der Waals surface area contributed by atoms with Crippen molar-refractivity contribution in [2.75, 3.05) is 23.5 Å². The van der Waals surface area contributed by atoms with E-state index in [1.807, 2.05) is 38.2 Å². The van der Waals surface area contributed by atoms with Crippen molar-refractivity contribution in [2.45, 2.75) is 25.4 Å². The summed E-state index contributed by atoms with van der Waals surface area (Å²) in [6, 6.07) is 7.93. The van der Waals surface area contributed by atoms with E-state index < -0.39 is 9.84 Å². The lowest BCUT2D eigenvalue weighted by molar-refractivity contribution is 0.600. The van der Waals surface area contributed by atoms with E-state index in [4.69, 9.17) is 5.73 Å². The van der Waals surface area contributed by atoms with Crippen LogP contribution in [0.3, 0.4) is 0 Å². The van der Waals surface area contributed by atoms with Crippen molar-refractivity contribution in [3.8, 4) is 0 Å². The Morgan fingerprint density at radius 3 is 2.61 bits per heavy atom. The molecule has 1 fully saturated rings. The molecule has 18 heavy (non-hydrogen) atoms. The highest BCUT2D eigenvalue weighted by Crippen LogP contribution is 2.28. The molecule has 1 aliphatic rings. The third kappa shape index (κ3) is 2.67. The molecule has 2 rings (SSSR count). The Hall–Kier alpha value is -1.07. The molecule has 2 atom stereocenters. The van der Waals surface area contributed by atoms with Crippen molar-refractivity contribution in [3.63, 3.8) is 0 Å². The number of benzene rings is 1. The fourth-order valence-electron chi connectivity index (χ4n) is 2.47. The first kappa shape index (κ1) is 13.4. The average molecular weight is 268 g/mol. The van der Waals surface area contributed by atoms with E-state index in [1.165, 1.54) is 0 Å². The molecule has 1 aromatic carbocycles. The zero-order valence-corrected chi connectivity index (χ0v) is 11.7. The summed E-state index contributed by atoms with van der Waals surface area (Å²) >= 11 is 0. The van der Waals surface area contributed by atoms with Crippen LogP contribution in [0, 0.1) is 0 Å². The van der Waals surface area contributed by atoms with E-state index in [-0.39, 0.29) is 17.8 Å². The van der Waals surface area contributed by atoms with E-state index in [2.05, 4.69) is 4.90 Å². The van der Waals surface area contributed by atoms with Gasteiger partial charge in [0, 0.05) is 24.8 Å². The Morgan fingerprint density at radius 1 is 1.39 bits per heavy atom. The topological polar surface area (TPSA) is 63.4 Å². The highest BCUT2D eigenvalue weighted by atomic mass is 32.2. The summed E-state index contributed by atoms with van der Waals surface area (Å²) in [4.78, 5) is 2.06. The summed E-state index contributed by atoms with van der Waals surface area (Å²) < 4.78 is 23.1. The molecule has 1 aliphatic heterocycles. The van der Waals surface area contributed by atoms with Gasteiger partial charge in [0.2, 0.25) is 0 Å². The Morgan fingerprint density at radius 2 is 2.06 bits per heavy atom. The monoisotopic (exact) mass is 268 g/mol. The van der Waals surface area contributed by atoms with Gasteiger partial charge < -0.3 is 10.6 Å². The van der Waals surface area contributed by atoms with Crippen LogP contribution in [0.2, 0.25) is 0 Å². The number of nitrogens with zero attached hydrogens (tertiary/aromatic N) is 1. The summed E-state index contributed by atoms with van der Waals surface area (Å²) in [5.74, 6) is 0.541. The van der Waals surface area contributed by atoms with Crippen molar-refractivity contribution in [3.05, 3.63) is 29.8 Å². The van der Waals surface area contributed by atoms with Crippen molar-refractivity contribution in [1.29, 1.82) is 0 Å². The second-order valence-corrected chi connectivity index (χ2v) is 7.24. The van der Waals surface area contributed by atoms with Crippen LogP contribution in [0.4, 0.5) is 5.69 Å². The smallest absolute Gasteiger partial charge is 0.152 e. The third-order valence-corrected chi connectivity index (χ3v) is 5.31. The number of nitrogens with two attached hydrogens (primary N) is 1. The second kappa shape index (κ2) is 4.90. The van der Waals surface area contributed by atoms with Crippen LogP contribution in [0.15, 0.2) is 24.3 Å². The van der Waals surface area contributed by atoms with Crippen molar-refractivity contribution in [1.82, 2.24) is 0 Å². The molecular formula is C13H20N2O2S. The molecule has 1 saturated heterocycles. The molecule has 0 bridgehead atoms. The quantitative estimate of drug-likeness (QED) is 0.898. The molecule has 5 heteroatoms. The highest BCUT2D eigenvalue weighted by Gasteiger charge is 2.31. The van der Waals surface area contributed by atoms with E-state index in [9.17, 15) is 8.42 Å². The predicted octanol–water partition coefficient (Wildman–Crippen LogP) is 1.33. The molecule has 4 nitrogen and oxygen atoms in total. The molecule has 0 aliphatic carbocycles. The molecule has 2 N–H and O–H groups in total. The summed E-state index contributed by atoms with van der Waals surface area (Å²) in [5, 5.41) is 0. The largest absolute Gasteiger partial charge is 0.370 e. The summed E-state index contributed by atoms with van der Waals surface area (Å²) in [7, 11) is -0.903. The van der Waals surface area contributed by atoms with Gasteiger partial charge in [0.1, 0.15) is 0 Å². The van der Waals surface area contributed by atoms with Gasteiger partial charge in [-0.2, -0.15) is 0 Å². The van der Waals surface area contributed by atoms with Crippen LogP contribution in [0.25, 0.3) is 0 Å². The van der Waals surface area contributed by atoms with Crippen LogP contribution in [0.1, 0.15) is 24.9 Å². The third-order valence-electron chi connectivity index (χ3n) is 3.56. The van der Waals surface area contributed by atoms with Crippen molar-refractivity contribution >= 4 is 15.5 Å². The maximum atomic E-state index is 11.5. The van der Waals surface area contributed by atoms with Gasteiger partial charge >= 0.3 is 0 Å². The number of anilines is 1. The molecule has 0 saturated carbocycles. The standard InChI is InChI=1S/C13H20N2O2S/c1-10(14)12-5-3-4-6-13(12)15(2)11-7-8-18(16,17)9-11/h3-6,10-11H,7-9,14H2,1-2H3/t10-,11?/m1/s1. The summed E-state index contributed by atoms with van der Waals surface area (Å²) in [6.45, 7) is 1.94. The van der Waals surface area contributed by atoms with Gasteiger partial charge in [-0.25, -0.2) is 8.42 Å². The van der Waals surface area contributed by atoms with E-state index >= 15 is 0 Å². The first-order valence-corrected chi connectivity index (χ1v) is 8.00. The first-order valence-electron chi connectivity index (χ1n) is 6.18. The zero-order valence-electron chi connectivity index (χ0n) is 10.8. The van der Waals surface area contributed by atoms with Crippen molar-refractivity contribution in [2.24, 2.45) is 5.73 Å². The van der Waals surface area contributed by atoms with Crippen LogP contribution in [-0.4, -0.2) is 33.0 Å². The molecule has 100 valence electrons. The number of hydrogen-bond donors (Lipinski definition) is 1. The lowest BCUT2D eigenvalue weighted by Gasteiger charge is -2.28. The fourth-order valence-corrected chi connectivity index (χ4v) is 4.25. The van der Waals surface area contributed by atoms with Gasteiger partial charge in [-0.1, -0.05) is 18.2 Å². The van der Waals surface area contributed by atoms with E-state index in [0.717, 1.165) is 11.3 Å². The van der Waals surface area contributed by atoms with E-state index in [1.54, 1.807) is 0 Å². The maximum absolute atomic E-state index is 11.5. The summed E-state index contributed by atoms with van der Waals surface area (Å²) in [5.41, 5.74) is 8.06. The second-order valence-electron chi connectivity index (χ2n) is 5.02. The molecule has 0 aromatic heterocycles. The first-order chi connectivity index (χ1) is 8.41. The Balaban J connectivity index is 2.27. The maximum Gasteiger partial charge on any atom is 0.152 e. The van der Waals surface area contributed by atoms with Crippen LogP contribution in [0.5, 0.6) is 0 Å². The number of rotatable bonds is 3.